The fraction of sp³-hybridized carbons (Fsp3) is 0.588. The highest BCUT2D eigenvalue weighted by Gasteiger charge is 2.18. The SMILES string of the molecule is COc1cc(C(C)=O)ccc1OC[C@H](O)CN1CCN(C)CC1. The van der Waals surface area contributed by atoms with Crippen LogP contribution in [0.4, 0.5) is 0 Å². The lowest BCUT2D eigenvalue weighted by Gasteiger charge is -2.33. The van der Waals surface area contributed by atoms with Crippen molar-refractivity contribution in [3.63, 3.8) is 0 Å². The number of methoxy groups -OCH3 is 1. The number of benzene rings is 1. The molecule has 6 nitrogen and oxygen atoms in total. The van der Waals surface area contributed by atoms with E-state index in [4.69, 9.17) is 9.47 Å². The highest BCUT2D eigenvalue weighted by Crippen LogP contribution is 2.28. The first kappa shape index (κ1) is 17.7. The van der Waals surface area contributed by atoms with Gasteiger partial charge in [0, 0.05) is 38.3 Å². The number of piperazine rings is 1. The van der Waals surface area contributed by atoms with E-state index in [2.05, 4.69) is 16.8 Å². The predicted molar refractivity (Wildman–Crippen MR) is 88.4 cm³/mol. The molecular weight excluding hydrogens is 296 g/mol. The minimum absolute atomic E-state index is 0.0232. The van der Waals surface area contributed by atoms with Crippen LogP contribution >= 0.6 is 0 Å². The van der Waals surface area contributed by atoms with E-state index in [-0.39, 0.29) is 12.4 Å². The fourth-order valence-electron chi connectivity index (χ4n) is 2.57. The van der Waals surface area contributed by atoms with Crippen LogP contribution in [-0.2, 0) is 0 Å². The first-order valence-corrected chi connectivity index (χ1v) is 7.90. The van der Waals surface area contributed by atoms with Crippen molar-refractivity contribution < 1.29 is 19.4 Å². The van der Waals surface area contributed by atoms with Crippen molar-refractivity contribution in [1.82, 2.24) is 9.80 Å². The van der Waals surface area contributed by atoms with Gasteiger partial charge in [-0.15, -0.1) is 0 Å². The van der Waals surface area contributed by atoms with Gasteiger partial charge in [0.05, 0.1) is 7.11 Å². The molecular formula is C17H26N2O4. The Kier molecular flexibility index (Phi) is 6.38. The Morgan fingerprint density at radius 1 is 1.26 bits per heavy atom. The van der Waals surface area contributed by atoms with Crippen molar-refractivity contribution >= 4 is 5.78 Å². The molecule has 128 valence electrons. The second kappa shape index (κ2) is 8.29. The van der Waals surface area contributed by atoms with Crippen LogP contribution < -0.4 is 9.47 Å². The highest BCUT2D eigenvalue weighted by atomic mass is 16.5. The Balaban J connectivity index is 1.86. The molecule has 0 bridgehead atoms. The zero-order chi connectivity index (χ0) is 16.8. The van der Waals surface area contributed by atoms with E-state index in [1.807, 2.05) is 0 Å². The van der Waals surface area contributed by atoms with E-state index in [0.717, 1.165) is 26.2 Å². The summed E-state index contributed by atoms with van der Waals surface area (Å²) >= 11 is 0. The van der Waals surface area contributed by atoms with Gasteiger partial charge in [-0.3, -0.25) is 9.69 Å². The van der Waals surface area contributed by atoms with Gasteiger partial charge in [-0.1, -0.05) is 0 Å². The van der Waals surface area contributed by atoms with Crippen molar-refractivity contribution in [2.75, 3.05) is 53.5 Å². The molecule has 1 saturated heterocycles. The number of hydrogen-bond acceptors (Lipinski definition) is 6. The minimum Gasteiger partial charge on any atom is -0.493 e. The topological polar surface area (TPSA) is 62.2 Å². The number of likely N-dealkylation sites (N-methyl/N-ethyl adjacent to an activating group) is 1. The van der Waals surface area contributed by atoms with Gasteiger partial charge >= 0.3 is 0 Å². The monoisotopic (exact) mass is 322 g/mol. The molecule has 1 N–H and O–H groups in total. The quantitative estimate of drug-likeness (QED) is 0.752. The van der Waals surface area contributed by atoms with E-state index in [1.54, 1.807) is 18.2 Å². The Morgan fingerprint density at radius 3 is 2.57 bits per heavy atom. The highest BCUT2D eigenvalue weighted by molar-refractivity contribution is 5.94. The van der Waals surface area contributed by atoms with Crippen LogP contribution in [0.5, 0.6) is 11.5 Å². The van der Waals surface area contributed by atoms with Gasteiger partial charge in [0.25, 0.3) is 0 Å². The summed E-state index contributed by atoms with van der Waals surface area (Å²) in [7, 11) is 3.64. The smallest absolute Gasteiger partial charge is 0.161 e. The fourth-order valence-corrected chi connectivity index (χ4v) is 2.57. The number of ether oxygens (including phenoxy) is 2. The number of carbonyl (C=O) groups excluding carboxylic acids is 1. The Hall–Kier alpha value is -1.63. The first-order valence-electron chi connectivity index (χ1n) is 7.90. The molecule has 0 radical (unpaired) electrons. The lowest BCUT2D eigenvalue weighted by molar-refractivity contribution is 0.0498. The Morgan fingerprint density at radius 2 is 1.96 bits per heavy atom. The third-order valence-corrected chi connectivity index (χ3v) is 4.07. The van der Waals surface area contributed by atoms with E-state index in [9.17, 15) is 9.90 Å². The molecule has 1 aromatic rings. The molecule has 1 aliphatic rings. The standard InChI is InChI=1S/C17H26N2O4/c1-13(20)14-4-5-16(17(10-14)22-3)23-12-15(21)11-19-8-6-18(2)7-9-19/h4-5,10,15,21H,6-9,11-12H2,1-3H3/t15-/m1/s1. The van der Waals surface area contributed by atoms with Gasteiger partial charge in [0.1, 0.15) is 12.7 Å². The van der Waals surface area contributed by atoms with E-state index < -0.39 is 6.10 Å². The molecule has 0 amide bonds. The third-order valence-electron chi connectivity index (χ3n) is 4.07. The maximum atomic E-state index is 11.4. The van der Waals surface area contributed by atoms with Gasteiger partial charge in [-0.2, -0.15) is 0 Å². The van der Waals surface area contributed by atoms with E-state index >= 15 is 0 Å². The van der Waals surface area contributed by atoms with Gasteiger partial charge in [0.2, 0.25) is 0 Å². The van der Waals surface area contributed by atoms with Gasteiger partial charge < -0.3 is 19.5 Å². The molecule has 1 aliphatic heterocycles. The number of aliphatic hydroxyl groups is 1. The molecule has 1 fully saturated rings. The molecule has 1 atom stereocenters. The molecule has 1 aromatic carbocycles. The summed E-state index contributed by atoms with van der Waals surface area (Å²) < 4.78 is 10.9. The number of ketones is 1. The minimum atomic E-state index is -0.560. The van der Waals surface area contributed by atoms with Crippen LogP contribution in [0.1, 0.15) is 17.3 Å². The van der Waals surface area contributed by atoms with Crippen molar-refractivity contribution in [2.45, 2.75) is 13.0 Å². The average Bonchev–Trinajstić information content (AvgIpc) is 2.54. The largest absolute Gasteiger partial charge is 0.493 e. The number of nitrogens with zero attached hydrogens (tertiary/aromatic N) is 2. The summed E-state index contributed by atoms with van der Waals surface area (Å²) in [4.78, 5) is 15.9. The van der Waals surface area contributed by atoms with Gasteiger partial charge in [-0.05, 0) is 32.2 Å². The zero-order valence-electron chi connectivity index (χ0n) is 14.1. The number of β-amino-alcohol motifs (C(OH)–C–C–N with tert-alkyl or cyclic N) is 1. The van der Waals surface area contributed by atoms with Crippen LogP contribution in [-0.4, -0.2) is 80.3 Å². The molecule has 0 saturated carbocycles. The summed E-state index contributed by atoms with van der Waals surface area (Å²) in [6, 6.07) is 5.07. The Bertz CT molecular complexity index is 527. The van der Waals surface area contributed by atoms with Crippen LogP contribution in [0, 0.1) is 0 Å². The second-order valence-electron chi connectivity index (χ2n) is 5.99. The van der Waals surface area contributed by atoms with Crippen molar-refractivity contribution in [2.24, 2.45) is 0 Å². The molecule has 1 heterocycles. The molecule has 0 unspecified atom stereocenters. The van der Waals surface area contributed by atoms with Crippen molar-refractivity contribution in [3.8, 4) is 11.5 Å². The summed E-state index contributed by atoms with van der Waals surface area (Å²) in [5.74, 6) is 1.02. The number of Topliss-reactive ketones (excluding diaryl/α,β-unsaturated/α-hetero) is 1. The van der Waals surface area contributed by atoms with Gasteiger partial charge in [-0.25, -0.2) is 0 Å². The predicted octanol–water partition coefficient (Wildman–Crippen LogP) is 0.885. The Labute approximate surface area is 137 Å². The van der Waals surface area contributed by atoms with Crippen LogP contribution in [0.15, 0.2) is 18.2 Å². The summed E-state index contributed by atoms with van der Waals surface area (Å²) in [5, 5.41) is 10.2. The zero-order valence-corrected chi connectivity index (χ0v) is 14.1. The third kappa shape index (κ3) is 5.20. The molecule has 6 heteroatoms. The lowest BCUT2D eigenvalue weighted by atomic mass is 10.1. The van der Waals surface area contributed by atoms with Crippen molar-refractivity contribution in [3.05, 3.63) is 23.8 Å². The maximum absolute atomic E-state index is 11.4. The molecule has 2 rings (SSSR count). The summed E-state index contributed by atoms with van der Waals surface area (Å²) in [5.41, 5.74) is 0.576. The van der Waals surface area contributed by atoms with Crippen LogP contribution in [0.25, 0.3) is 0 Å². The molecule has 0 aliphatic carbocycles. The second-order valence-corrected chi connectivity index (χ2v) is 5.99. The summed E-state index contributed by atoms with van der Waals surface area (Å²) in [6.45, 7) is 6.27. The van der Waals surface area contributed by atoms with E-state index in [0.29, 0.717) is 23.6 Å². The normalized spacial score (nSPS) is 17.7. The maximum Gasteiger partial charge on any atom is 0.161 e. The number of rotatable bonds is 7. The van der Waals surface area contributed by atoms with E-state index in [1.165, 1.54) is 14.0 Å². The molecule has 23 heavy (non-hydrogen) atoms. The number of carbonyl (C=O) groups is 1. The number of hydrogen-bond donors (Lipinski definition) is 1. The summed E-state index contributed by atoms with van der Waals surface area (Å²) in [6.07, 6.45) is -0.560. The van der Waals surface area contributed by atoms with Gasteiger partial charge in [0.15, 0.2) is 17.3 Å². The average molecular weight is 322 g/mol. The molecule has 0 aromatic heterocycles. The first-order chi connectivity index (χ1) is 11.0. The van der Waals surface area contributed by atoms with Crippen LogP contribution in [0.2, 0.25) is 0 Å². The lowest BCUT2D eigenvalue weighted by Crippen LogP contribution is -2.47. The van der Waals surface area contributed by atoms with Crippen LogP contribution in [0.3, 0.4) is 0 Å². The number of aliphatic hydroxyl groups excluding tert-OH is 1. The van der Waals surface area contributed by atoms with Crippen molar-refractivity contribution in [1.29, 1.82) is 0 Å². The molecule has 0 spiro atoms.